The lowest BCUT2D eigenvalue weighted by Crippen LogP contribution is -2.09. The minimum Gasteiger partial charge on any atom is -0.456 e. The van der Waals surface area contributed by atoms with Gasteiger partial charge in [-0.25, -0.2) is 0 Å². The molecule has 0 atom stereocenters. The van der Waals surface area contributed by atoms with Crippen LogP contribution in [0.25, 0.3) is 86.3 Å². The zero-order chi connectivity index (χ0) is 34.2. The van der Waals surface area contributed by atoms with Crippen molar-refractivity contribution >= 4 is 92.4 Å². The molecule has 0 unspecified atom stereocenters. The number of benzene rings is 8. The molecule has 52 heavy (non-hydrogen) atoms. The Labute approximate surface area is 303 Å². The minimum atomic E-state index is 0.882. The fourth-order valence-corrected chi connectivity index (χ4v) is 9.10. The number of nitrogens with zero attached hydrogens (tertiary/aromatic N) is 1. The van der Waals surface area contributed by atoms with Crippen LogP contribution in [0.3, 0.4) is 0 Å². The molecule has 244 valence electrons. The van der Waals surface area contributed by atoms with E-state index in [1.165, 1.54) is 36.7 Å². The van der Waals surface area contributed by atoms with Gasteiger partial charge in [0.25, 0.3) is 0 Å². The molecule has 0 bridgehead atoms. The largest absolute Gasteiger partial charge is 0.456 e. The zero-order valence-corrected chi connectivity index (χ0v) is 28.7. The first-order chi connectivity index (χ1) is 25.8. The molecular weight excluding hydrogens is 655 g/mol. The molecule has 11 rings (SSSR count). The molecule has 0 radical (unpaired) electrons. The van der Waals surface area contributed by atoms with Gasteiger partial charge >= 0.3 is 0 Å². The summed E-state index contributed by atoms with van der Waals surface area (Å²) >= 11 is 1.84. The number of anilines is 3. The Morgan fingerprint density at radius 1 is 0.365 bits per heavy atom. The SMILES string of the molecule is c1ccc(-c2ccc(N(c3ccc(-c4cccc5oc6ccc7c8ccccc8sc7c6c45)cc3)c3ccc4oc5ccccc5c4c3)cc2)cc1. The molecular formula is C48H29NO2S. The van der Waals surface area contributed by atoms with Crippen LogP contribution in [0.5, 0.6) is 0 Å². The van der Waals surface area contributed by atoms with Gasteiger partial charge in [-0.3, -0.25) is 0 Å². The van der Waals surface area contributed by atoms with Crippen molar-refractivity contribution in [2.24, 2.45) is 0 Å². The molecule has 0 saturated heterocycles. The summed E-state index contributed by atoms with van der Waals surface area (Å²) < 4.78 is 15.3. The molecule has 3 heterocycles. The van der Waals surface area contributed by atoms with E-state index in [1.54, 1.807) is 0 Å². The fourth-order valence-electron chi connectivity index (χ4n) is 7.85. The van der Waals surface area contributed by atoms with Crippen LogP contribution in [0.2, 0.25) is 0 Å². The second-order valence-electron chi connectivity index (χ2n) is 13.3. The number of rotatable bonds is 5. The summed E-state index contributed by atoms with van der Waals surface area (Å²) in [5.74, 6) is 0. The number of para-hydroxylation sites is 1. The Morgan fingerprint density at radius 3 is 1.79 bits per heavy atom. The Bertz CT molecular complexity index is 3110. The minimum absolute atomic E-state index is 0.882. The quantitative estimate of drug-likeness (QED) is 0.181. The lowest BCUT2D eigenvalue weighted by molar-refractivity contribution is 0.668. The van der Waals surface area contributed by atoms with E-state index in [0.29, 0.717) is 0 Å². The molecule has 3 nitrogen and oxygen atoms in total. The summed E-state index contributed by atoms with van der Waals surface area (Å²) in [4.78, 5) is 2.33. The van der Waals surface area contributed by atoms with E-state index in [4.69, 9.17) is 8.83 Å². The smallest absolute Gasteiger partial charge is 0.136 e. The molecule has 11 aromatic rings. The van der Waals surface area contributed by atoms with Crippen LogP contribution in [0, 0.1) is 0 Å². The summed E-state index contributed by atoms with van der Waals surface area (Å²) in [6, 6.07) is 62.4. The molecule has 0 aliphatic heterocycles. The highest BCUT2D eigenvalue weighted by Crippen LogP contribution is 2.46. The van der Waals surface area contributed by atoms with Crippen LogP contribution in [-0.4, -0.2) is 0 Å². The molecule has 0 saturated carbocycles. The molecule has 8 aromatic carbocycles. The van der Waals surface area contributed by atoms with Crippen LogP contribution in [0.1, 0.15) is 0 Å². The summed E-state index contributed by atoms with van der Waals surface area (Å²) in [6.07, 6.45) is 0. The third-order valence-corrected chi connectivity index (χ3v) is 11.5. The summed E-state index contributed by atoms with van der Waals surface area (Å²) in [6.45, 7) is 0. The normalized spacial score (nSPS) is 11.8. The van der Waals surface area contributed by atoms with Crippen molar-refractivity contribution in [2.75, 3.05) is 4.90 Å². The van der Waals surface area contributed by atoms with E-state index < -0.39 is 0 Å². The van der Waals surface area contributed by atoms with Gasteiger partial charge in [-0.15, -0.1) is 11.3 Å². The van der Waals surface area contributed by atoms with Crippen LogP contribution in [0.15, 0.2) is 185 Å². The lowest BCUT2D eigenvalue weighted by atomic mass is 9.98. The maximum Gasteiger partial charge on any atom is 0.136 e. The van der Waals surface area contributed by atoms with Gasteiger partial charge in [-0.2, -0.15) is 0 Å². The van der Waals surface area contributed by atoms with E-state index in [2.05, 4.69) is 169 Å². The highest BCUT2D eigenvalue weighted by molar-refractivity contribution is 7.26. The van der Waals surface area contributed by atoms with Gasteiger partial charge in [-0.05, 0) is 95.1 Å². The number of thiophene rings is 1. The predicted octanol–water partition coefficient (Wildman–Crippen LogP) is 14.7. The van der Waals surface area contributed by atoms with E-state index in [-0.39, 0.29) is 0 Å². The summed E-state index contributed by atoms with van der Waals surface area (Å²) in [7, 11) is 0. The number of hydrogen-bond donors (Lipinski definition) is 0. The highest BCUT2D eigenvalue weighted by Gasteiger charge is 2.19. The Morgan fingerprint density at radius 2 is 0.962 bits per heavy atom. The molecule has 0 amide bonds. The fraction of sp³-hybridized carbons (Fsp3) is 0. The third-order valence-electron chi connectivity index (χ3n) is 10.3. The molecule has 0 fully saturated rings. The third kappa shape index (κ3) is 4.51. The van der Waals surface area contributed by atoms with Gasteiger partial charge < -0.3 is 13.7 Å². The van der Waals surface area contributed by atoms with Gasteiger partial charge in [0.15, 0.2) is 0 Å². The lowest BCUT2D eigenvalue weighted by Gasteiger charge is -2.26. The first kappa shape index (κ1) is 29.1. The highest BCUT2D eigenvalue weighted by atomic mass is 32.1. The summed E-state index contributed by atoms with van der Waals surface area (Å²) in [5.41, 5.74) is 11.5. The number of furan rings is 2. The van der Waals surface area contributed by atoms with Gasteiger partial charge in [0.05, 0.1) is 0 Å². The van der Waals surface area contributed by atoms with Crippen molar-refractivity contribution in [2.45, 2.75) is 0 Å². The van der Waals surface area contributed by atoms with Gasteiger partial charge in [0, 0.05) is 58.8 Å². The average Bonchev–Trinajstić information content (AvgIpc) is 3.90. The molecule has 0 aliphatic rings. The summed E-state index contributed by atoms with van der Waals surface area (Å²) in [5, 5.41) is 7.13. The van der Waals surface area contributed by atoms with Crippen molar-refractivity contribution in [1.29, 1.82) is 0 Å². The van der Waals surface area contributed by atoms with Crippen molar-refractivity contribution in [3.05, 3.63) is 176 Å². The van der Waals surface area contributed by atoms with Crippen molar-refractivity contribution in [3.63, 3.8) is 0 Å². The van der Waals surface area contributed by atoms with Gasteiger partial charge in [0.2, 0.25) is 0 Å². The number of hydrogen-bond acceptors (Lipinski definition) is 4. The molecule has 0 spiro atoms. The Kier molecular flexibility index (Phi) is 6.42. The first-order valence-electron chi connectivity index (χ1n) is 17.5. The predicted molar refractivity (Wildman–Crippen MR) is 219 cm³/mol. The van der Waals surface area contributed by atoms with E-state index in [9.17, 15) is 0 Å². The second-order valence-corrected chi connectivity index (χ2v) is 14.3. The maximum atomic E-state index is 6.49. The topological polar surface area (TPSA) is 29.5 Å². The van der Waals surface area contributed by atoms with Crippen LogP contribution in [0.4, 0.5) is 17.1 Å². The maximum absolute atomic E-state index is 6.49. The average molecular weight is 684 g/mol. The van der Waals surface area contributed by atoms with Crippen LogP contribution < -0.4 is 4.90 Å². The Balaban J connectivity index is 1.06. The van der Waals surface area contributed by atoms with Gasteiger partial charge in [0.1, 0.15) is 22.3 Å². The van der Waals surface area contributed by atoms with Crippen molar-refractivity contribution in [1.82, 2.24) is 0 Å². The Hall–Kier alpha value is -6.62. The van der Waals surface area contributed by atoms with Crippen molar-refractivity contribution < 1.29 is 8.83 Å². The monoisotopic (exact) mass is 683 g/mol. The molecule has 3 aromatic heterocycles. The standard InChI is InChI=1S/C48H29NO2S/c1-2-9-30(10-3-1)31-17-21-33(22-18-31)49(35-25-27-42-40(29-35)37-11-4-6-14-41(37)50-42)34-23-19-32(20-24-34)36-13-8-15-43-46(36)47-44(51-43)28-26-39-38-12-5-7-16-45(38)52-48(39)47/h1-29H. The molecule has 0 N–H and O–H groups in total. The van der Waals surface area contributed by atoms with E-state index in [1.807, 2.05) is 23.5 Å². The number of fused-ring (bicyclic) bond motifs is 10. The van der Waals surface area contributed by atoms with Crippen LogP contribution >= 0.6 is 11.3 Å². The van der Waals surface area contributed by atoms with E-state index >= 15 is 0 Å². The molecule has 4 heteroatoms. The van der Waals surface area contributed by atoms with Crippen molar-refractivity contribution in [3.8, 4) is 22.3 Å². The first-order valence-corrected chi connectivity index (χ1v) is 18.3. The second kappa shape index (κ2) is 11.5. The zero-order valence-electron chi connectivity index (χ0n) is 27.9. The van der Waals surface area contributed by atoms with Gasteiger partial charge in [-0.1, -0.05) is 103 Å². The van der Waals surface area contributed by atoms with E-state index in [0.717, 1.165) is 66.7 Å². The molecule has 0 aliphatic carbocycles. The van der Waals surface area contributed by atoms with Crippen LogP contribution in [-0.2, 0) is 0 Å².